The molecule has 0 bridgehead atoms. The van der Waals surface area contributed by atoms with E-state index in [0.717, 1.165) is 24.8 Å². The van der Waals surface area contributed by atoms with Crippen LogP contribution in [0.3, 0.4) is 0 Å². The van der Waals surface area contributed by atoms with Crippen LogP contribution < -0.4 is 11.1 Å². The van der Waals surface area contributed by atoms with Crippen molar-refractivity contribution in [1.82, 2.24) is 0 Å². The number of nitrogens with one attached hydrogen (secondary N) is 1. The average Bonchev–Trinajstić information content (AvgIpc) is 2.60. The first kappa shape index (κ1) is 20.0. The molecule has 1 aliphatic rings. The van der Waals surface area contributed by atoms with Gasteiger partial charge >= 0.3 is 0 Å². The molecule has 0 unspecified atom stereocenters. The molecular weight excluding hydrogens is 324 g/mol. The quantitative estimate of drug-likeness (QED) is 0.393. The van der Waals surface area contributed by atoms with E-state index < -0.39 is 0 Å². The van der Waals surface area contributed by atoms with Crippen LogP contribution in [-0.4, -0.2) is 11.7 Å². The van der Waals surface area contributed by atoms with Crippen molar-refractivity contribution in [1.29, 1.82) is 0 Å². The molecule has 0 radical (unpaired) electrons. The number of nitrogen functional groups attached to an aromatic ring is 1. The van der Waals surface area contributed by atoms with E-state index in [1.54, 1.807) is 18.2 Å². The average molecular weight is 354 g/mol. The summed E-state index contributed by atoms with van der Waals surface area (Å²) in [6.07, 6.45) is 11.0. The highest BCUT2D eigenvalue weighted by Gasteiger charge is 2.19. The van der Waals surface area contributed by atoms with Gasteiger partial charge in [-0.15, -0.1) is 0 Å². The second-order valence-electron chi connectivity index (χ2n) is 7.07. The van der Waals surface area contributed by atoms with Crippen molar-refractivity contribution in [3.8, 4) is 0 Å². The summed E-state index contributed by atoms with van der Waals surface area (Å²) in [5.74, 6) is 0.373. The molecule has 3 N–H and O–H groups in total. The van der Waals surface area contributed by atoms with Crippen molar-refractivity contribution in [3.05, 3.63) is 42.0 Å². The number of nitrogens with two attached hydrogens (primary N) is 1. The van der Waals surface area contributed by atoms with Crippen molar-refractivity contribution < 1.29 is 9.59 Å². The molecule has 1 amide bonds. The maximum atomic E-state index is 12.4. The Bertz CT molecular complexity index is 713. The van der Waals surface area contributed by atoms with E-state index in [9.17, 15) is 9.59 Å². The van der Waals surface area contributed by atoms with Crippen LogP contribution in [0, 0.1) is 5.92 Å². The highest BCUT2D eigenvalue weighted by molar-refractivity contribution is 6.05. The molecule has 4 nitrogen and oxygen atoms in total. The van der Waals surface area contributed by atoms with Crippen molar-refractivity contribution in [2.75, 3.05) is 11.1 Å². The third-order valence-electron chi connectivity index (χ3n) is 4.96. The molecule has 1 aromatic rings. The predicted molar refractivity (Wildman–Crippen MR) is 109 cm³/mol. The smallest absolute Gasteiger partial charge is 0.224 e. The molecule has 1 fully saturated rings. The minimum absolute atomic E-state index is 0.00778. The Morgan fingerprint density at radius 1 is 1.27 bits per heavy atom. The molecule has 140 valence electrons. The van der Waals surface area contributed by atoms with Gasteiger partial charge in [0.05, 0.1) is 0 Å². The van der Waals surface area contributed by atoms with Crippen LogP contribution in [0.15, 0.2) is 30.9 Å². The number of anilines is 2. The summed E-state index contributed by atoms with van der Waals surface area (Å²) < 4.78 is 0. The number of rotatable bonds is 7. The maximum Gasteiger partial charge on any atom is 0.224 e. The molecule has 1 saturated carbocycles. The van der Waals surface area contributed by atoms with Gasteiger partial charge in [0.15, 0.2) is 5.78 Å². The number of carbonyl (C=O) groups is 2. The third-order valence-corrected chi connectivity index (χ3v) is 4.96. The van der Waals surface area contributed by atoms with Crippen LogP contribution in [0.4, 0.5) is 11.4 Å². The summed E-state index contributed by atoms with van der Waals surface area (Å²) in [6, 6.07) is 3.45. The van der Waals surface area contributed by atoms with Crippen LogP contribution in [0.5, 0.6) is 0 Å². The van der Waals surface area contributed by atoms with Gasteiger partial charge in [0, 0.05) is 28.9 Å². The normalized spacial score (nSPS) is 15.5. The summed E-state index contributed by atoms with van der Waals surface area (Å²) in [4.78, 5) is 24.6. The first-order chi connectivity index (χ1) is 12.5. The molecule has 1 aliphatic carbocycles. The number of amides is 1. The van der Waals surface area contributed by atoms with E-state index in [0.29, 0.717) is 34.8 Å². The van der Waals surface area contributed by atoms with Crippen molar-refractivity contribution in [2.24, 2.45) is 5.92 Å². The number of Topliss-reactive ketones (excluding diaryl/α,β-unsaturated/α-hetero) is 1. The Hall–Kier alpha value is -2.36. The van der Waals surface area contributed by atoms with Gasteiger partial charge in [-0.05, 0) is 49.8 Å². The van der Waals surface area contributed by atoms with Gasteiger partial charge in [-0.3, -0.25) is 9.59 Å². The van der Waals surface area contributed by atoms with E-state index in [1.807, 2.05) is 13.0 Å². The number of benzene rings is 1. The van der Waals surface area contributed by atoms with Crippen molar-refractivity contribution in [3.63, 3.8) is 0 Å². The zero-order valence-corrected chi connectivity index (χ0v) is 15.9. The van der Waals surface area contributed by atoms with Crippen molar-refractivity contribution in [2.45, 2.75) is 58.8 Å². The largest absolute Gasteiger partial charge is 0.398 e. The van der Waals surface area contributed by atoms with Gasteiger partial charge in [-0.25, -0.2) is 0 Å². The molecule has 0 atom stereocenters. The van der Waals surface area contributed by atoms with Gasteiger partial charge in [0.25, 0.3) is 0 Å². The van der Waals surface area contributed by atoms with Crippen molar-refractivity contribution >= 4 is 28.6 Å². The second-order valence-corrected chi connectivity index (χ2v) is 7.07. The van der Waals surface area contributed by atoms with Crippen LogP contribution in [0.2, 0.25) is 0 Å². The summed E-state index contributed by atoms with van der Waals surface area (Å²) in [5, 5.41) is 2.93. The SMILES string of the molecule is C=C/C(=C\CC)c1c(N)cc(NC(=O)CC2CCCCC2)cc1C(C)=O. The van der Waals surface area contributed by atoms with E-state index >= 15 is 0 Å². The lowest BCUT2D eigenvalue weighted by Gasteiger charge is -2.21. The fraction of sp³-hybridized carbons (Fsp3) is 0.455. The molecule has 0 heterocycles. The summed E-state index contributed by atoms with van der Waals surface area (Å²) in [5.41, 5.74) is 9.34. The van der Waals surface area contributed by atoms with E-state index in [-0.39, 0.29) is 11.7 Å². The minimum Gasteiger partial charge on any atom is -0.398 e. The van der Waals surface area contributed by atoms with Crippen LogP contribution in [0.1, 0.15) is 74.7 Å². The Morgan fingerprint density at radius 3 is 2.54 bits per heavy atom. The lowest BCUT2D eigenvalue weighted by Crippen LogP contribution is -2.19. The van der Waals surface area contributed by atoms with Gasteiger partial charge in [-0.1, -0.05) is 44.9 Å². The highest BCUT2D eigenvalue weighted by Crippen LogP contribution is 2.32. The van der Waals surface area contributed by atoms with Crippen LogP contribution >= 0.6 is 0 Å². The molecule has 0 aromatic heterocycles. The highest BCUT2D eigenvalue weighted by atomic mass is 16.1. The summed E-state index contributed by atoms with van der Waals surface area (Å²) in [6.45, 7) is 7.36. The predicted octanol–water partition coefficient (Wildman–Crippen LogP) is 5.36. The number of allylic oxidation sites excluding steroid dienone is 3. The Labute approximate surface area is 156 Å². The number of carbonyl (C=O) groups excluding carboxylic acids is 2. The van der Waals surface area contributed by atoms with Gasteiger partial charge < -0.3 is 11.1 Å². The third kappa shape index (κ3) is 5.07. The topological polar surface area (TPSA) is 72.2 Å². The molecule has 4 heteroatoms. The maximum absolute atomic E-state index is 12.4. The zero-order valence-electron chi connectivity index (χ0n) is 15.9. The van der Waals surface area contributed by atoms with Crippen LogP contribution in [-0.2, 0) is 4.79 Å². The lowest BCUT2D eigenvalue weighted by atomic mass is 9.87. The fourth-order valence-corrected chi connectivity index (χ4v) is 3.71. The Kier molecular flexibility index (Phi) is 7.19. The lowest BCUT2D eigenvalue weighted by molar-refractivity contribution is -0.117. The monoisotopic (exact) mass is 354 g/mol. The summed E-state index contributed by atoms with van der Waals surface area (Å²) >= 11 is 0. The first-order valence-corrected chi connectivity index (χ1v) is 9.53. The van der Waals surface area contributed by atoms with Crippen LogP contribution in [0.25, 0.3) is 5.57 Å². The Balaban J connectivity index is 2.25. The molecule has 0 aliphatic heterocycles. The van der Waals surface area contributed by atoms with Gasteiger partial charge in [0.2, 0.25) is 5.91 Å². The first-order valence-electron chi connectivity index (χ1n) is 9.53. The number of ketones is 1. The van der Waals surface area contributed by atoms with E-state index in [2.05, 4.69) is 11.9 Å². The minimum atomic E-state index is -0.0843. The zero-order chi connectivity index (χ0) is 19.1. The molecule has 0 saturated heterocycles. The number of hydrogen-bond donors (Lipinski definition) is 2. The summed E-state index contributed by atoms with van der Waals surface area (Å²) in [7, 11) is 0. The van der Waals surface area contributed by atoms with Gasteiger partial charge in [-0.2, -0.15) is 0 Å². The molecule has 26 heavy (non-hydrogen) atoms. The van der Waals surface area contributed by atoms with E-state index in [1.165, 1.54) is 26.2 Å². The second kappa shape index (κ2) is 9.37. The fourth-order valence-electron chi connectivity index (χ4n) is 3.71. The molecular formula is C22H30N2O2. The number of hydrogen-bond acceptors (Lipinski definition) is 3. The van der Waals surface area contributed by atoms with Gasteiger partial charge in [0.1, 0.15) is 0 Å². The molecule has 0 spiro atoms. The van der Waals surface area contributed by atoms with E-state index in [4.69, 9.17) is 5.73 Å². The molecule has 2 rings (SSSR count). The Morgan fingerprint density at radius 2 is 1.96 bits per heavy atom. The molecule has 1 aromatic carbocycles. The standard InChI is InChI=1S/C22H30N2O2/c1-4-9-17(5-2)22-19(15(3)25)13-18(14-20(22)23)24-21(26)12-16-10-7-6-8-11-16/h5,9,13-14,16H,2,4,6-8,10-12,23H2,1,3H3,(H,24,26)/b17-9+.